The van der Waals surface area contributed by atoms with Crippen molar-refractivity contribution in [1.29, 1.82) is 0 Å². The minimum atomic E-state index is 0.471. The van der Waals surface area contributed by atoms with E-state index in [4.69, 9.17) is 5.84 Å². The molecule has 0 aromatic carbocycles. The zero-order chi connectivity index (χ0) is 11.8. The Bertz CT molecular complexity index is 231. The number of rotatable bonds is 5. The fourth-order valence-electron chi connectivity index (χ4n) is 2.81. The normalized spacial score (nSPS) is 26.9. The van der Waals surface area contributed by atoms with E-state index in [2.05, 4.69) is 24.2 Å². The van der Waals surface area contributed by atoms with Crippen LogP contribution in [0.4, 0.5) is 0 Å². The molecule has 2 nitrogen and oxygen atoms in total. The zero-order valence-electron chi connectivity index (χ0n) is 10.8. The maximum Gasteiger partial charge on any atom is 0.0247 e. The van der Waals surface area contributed by atoms with Gasteiger partial charge in [0.05, 0.1) is 0 Å². The summed E-state index contributed by atoms with van der Waals surface area (Å²) in [4.78, 5) is 0. The van der Waals surface area contributed by atoms with Gasteiger partial charge in [0, 0.05) is 12.5 Å². The molecule has 1 rings (SSSR count). The first kappa shape index (κ1) is 13.5. The Hall–Kier alpha value is -0.520. The third-order valence-corrected chi connectivity index (χ3v) is 4.01. The van der Waals surface area contributed by atoms with Crippen molar-refractivity contribution in [2.75, 3.05) is 0 Å². The van der Waals surface area contributed by atoms with E-state index < -0.39 is 0 Å². The van der Waals surface area contributed by atoms with Crippen molar-refractivity contribution in [3.8, 4) is 11.8 Å². The van der Waals surface area contributed by atoms with Gasteiger partial charge in [0.15, 0.2) is 0 Å². The quantitative estimate of drug-likeness (QED) is 0.426. The Kier molecular flexibility index (Phi) is 6.52. The minimum absolute atomic E-state index is 0.471. The summed E-state index contributed by atoms with van der Waals surface area (Å²) >= 11 is 0. The Morgan fingerprint density at radius 3 is 2.50 bits per heavy atom. The van der Waals surface area contributed by atoms with E-state index in [9.17, 15) is 0 Å². The first-order valence-corrected chi connectivity index (χ1v) is 6.67. The highest BCUT2D eigenvalue weighted by Crippen LogP contribution is 2.33. The number of hydrogen-bond acceptors (Lipinski definition) is 2. The molecule has 0 aromatic rings. The maximum absolute atomic E-state index is 5.65. The lowest BCUT2D eigenvalue weighted by Gasteiger charge is -2.33. The summed E-state index contributed by atoms with van der Waals surface area (Å²) in [5.74, 6) is 13.5. The first-order valence-electron chi connectivity index (χ1n) is 6.67. The third kappa shape index (κ3) is 4.15. The fraction of sp³-hybridized carbons (Fsp3) is 0.857. The Balaban J connectivity index is 2.32. The average molecular weight is 222 g/mol. The molecule has 2 heteroatoms. The molecule has 0 bridgehead atoms. The van der Waals surface area contributed by atoms with Crippen LogP contribution in [-0.4, -0.2) is 6.04 Å². The molecule has 1 aliphatic rings. The van der Waals surface area contributed by atoms with E-state index in [1.54, 1.807) is 0 Å². The molecule has 16 heavy (non-hydrogen) atoms. The van der Waals surface area contributed by atoms with Crippen LogP contribution in [-0.2, 0) is 0 Å². The molecule has 1 fully saturated rings. The van der Waals surface area contributed by atoms with Crippen LogP contribution in [0, 0.1) is 23.7 Å². The molecule has 0 amide bonds. The van der Waals surface area contributed by atoms with Crippen molar-refractivity contribution in [3.63, 3.8) is 0 Å². The summed E-state index contributed by atoms with van der Waals surface area (Å²) in [7, 11) is 0. The summed E-state index contributed by atoms with van der Waals surface area (Å²) in [5, 5.41) is 0. The van der Waals surface area contributed by atoms with Crippen molar-refractivity contribution < 1.29 is 0 Å². The van der Waals surface area contributed by atoms with Gasteiger partial charge >= 0.3 is 0 Å². The van der Waals surface area contributed by atoms with Gasteiger partial charge in [-0.2, -0.15) is 0 Å². The topological polar surface area (TPSA) is 38.0 Å². The van der Waals surface area contributed by atoms with Crippen LogP contribution in [0.1, 0.15) is 58.8 Å². The minimum Gasteiger partial charge on any atom is -0.271 e. The molecule has 1 unspecified atom stereocenters. The highest BCUT2D eigenvalue weighted by Gasteiger charge is 2.25. The van der Waals surface area contributed by atoms with Crippen LogP contribution >= 0.6 is 0 Å². The van der Waals surface area contributed by atoms with Crippen LogP contribution in [0.15, 0.2) is 0 Å². The van der Waals surface area contributed by atoms with E-state index in [0.717, 1.165) is 24.7 Å². The number of nitrogens with one attached hydrogen (secondary N) is 1. The largest absolute Gasteiger partial charge is 0.271 e. The molecule has 0 aromatic heterocycles. The Labute approximate surface area is 100 Å². The van der Waals surface area contributed by atoms with Gasteiger partial charge in [-0.3, -0.25) is 11.3 Å². The van der Waals surface area contributed by atoms with Gasteiger partial charge in [0.2, 0.25) is 0 Å². The van der Waals surface area contributed by atoms with E-state index in [1.165, 1.54) is 32.1 Å². The van der Waals surface area contributed by atoms with Crippen molar-refractivity contribution >= 4 is 0 Å². The summed E-state index contributed by atoms with van der Waals surface area (Å²) < 4.78 is 0. The van der Waals surface area contributed by atoms with Crippen molar-refractivity contribution in [1.82, 2.24) is 5.43 Å². The van der Waals surface area contributed by atoms with Gasteiger partial charge in [0.25, 0.3) is 0 Å². The average Bonchev–Trinajstić information content (AvgIpc) is 2.35. The van der Waals surface area contributed by atoms with Gasteiger partial charge in [0.1, 0.15) is 0 Å². The number of hydrazine groups is 1. The first-order chi connectivity index (χ1) is 7.81. The van der Waals surface area contributed by atoms with E-state index in [-0.39, 0.29) is 0 Å². The summed E-state index contributed by atoms with van der Waals surface area (Å²) in [6.07, 6.45) is 8.87. The predicted octanol–water partition coefficient (Wildman–Crippen LogP) is 2.84. The van der Waals surface area contributed by atoms with E-state index in [1.807, 2.05) is 6.92 Å². The SMILES string of the molecule is CC#CCCC(NN)C1CCC(CC)CC1. The number of nitrogens with two attached hydrogens (primary N) is 1. The van der Waals surface area contributed by atoms with Crippen LogP contribution in [0.2, 0.25) is 0 Å². The van der Waals surface area contributed by atoms with Crippen LogP contribution in [0.3, 0.4) is 0 Å². The Morgan fingerprint density at radius 2 is 2.00 bits per heavy atom. The van der Waals surface area contributed by atoms with Gasteiger partial charge < -0.3 is 0 Å². The van der Waals surface area contributed by atoms with Gasteiger partial charge in [-0.05, 0) is 38.0 Å². The lowest BCUT2D eigenvalue weighted by atomic mass is 9.77. The smallest absolute Gasteiger partial charge is 0.0247 e. The second kappa shape index (κ2) is 7.70. The molecular formula is C14H26N2. The monoisotopic (exact) mass is 222 g/mol. The van der Waals surface area contributed by atoms with Crippen molar-refractivity contribution in [2.45, 2.75) is 64.8 Å². The summed E-state index contributed by atoms with van der Waals surface area (Å²) in [6.45, 7) is 4.21. The number of hydrogen-bond donors (Lipinski definition) is 2. The molecular weight excluding hydrogens is 196 g/mol. The molecule has 1 saturated carbocycles. The molecule has 0 spiro atoms. The molecule has 1 atom stereocenters. The zero-order valence-corrected chi connectivity index (χ0v) is 10.8. The second-order valence-electron chi connectivity index (χ2n) is 4.93. The predicted molar refractivity (Wildman–Crippen MR) is 69.5 cm³/mol. The molecule has 0 saturated heterocycles. The lowest BCUT2D eigenvalue weighted by molar-refractivity contribution is 0.212. The highest BCUT2D eigenvalue weighted by atomic mass is 15.2. The van der Waals surface area contributed by atoms with Gasteiger partial charge in [-0.25, -0.2) is 0 Å². The standard InChI is InChI=1S/C14H26N2/c1-3-5-6-7-14(16-15)13-10-8-12(4-2)9-11-13/h12-14,16H,4,6-11,15H2,1-2H3. The van der Waals surface area contributed by atoms with Crippen LogP contribution in [0.25, 0.3) is 0 Å². The van der Waals surface area contributed by atoms with Crippen LogP contribution in [0.5, 0.6) is 0 Å². The molecule has 92 valence electrons. The van der Waals surface area contributed by atoms with Crippen molar-refractivity contribution in [3.05, 3.63) is 0 Å². The van der Waals surface area contributed by atoms with Crippen molar-refractivity contribution in [2.24, 2.45) is 17.7 Å². The fourth-order valence-corrected chi connectivity index (χ4v) is 2.81. The lowest BCUT2D eigenvalue weighted by Crippen LogP contribution is -2.42. The highest BCUT2D eigenvalue weighted by molar-refractivity contribution is 4.96. The summed E-state index contributed by atoms with van der Waals surface area (Å²) in [5.41, 5.74) is 3.00. The molecule has 0 radical (unpaired) electrons. The second-order valence-corrected chi connectivity index (χ2v) is 4.93. The molecule has 0 heterocycles. The molecule has 0 aliphatic heterocycles. The van der Waals surface area contributed by atoms with E-state index in [0.29, 0.717) is 6.04 Å². The maximum atomic E-state index is 5.65. The third-order valence-electron chi connectivity index (χ3n) is 4.01. The van der Waals surface area contributed by atoms with E-state index >= 15 is 0 Å². The van der Waals surface area contributed by atoms with Crippen LogP contribution < -0.4 is 11.3 Å². The Morgan fingerprint density at radius 1 is 1.31 bits per heavy atom. The molecule has 3 N–H and O–H groups in total. The van der Waals surface area contributed by atoms with Gasteiger partial charge in [-0.15, -0.1) is 11.8 Å². The molecule has 1 aliphatic carbocycles. The van der Waals surface area contributed by atoms with Gasteiger partial charge in [-0.1, -0.05) is 26.2 Å². The summed E-state index contributed by atoms with van der Waals surface area (Å²) in [6, 6.07) is 0.471.